The number of rotatable bonds is 5. The van der Waals surface area contributed by atoms with Gasteiger partial charge in [0.25, 0.3) is 0 Å². The van der Waals surface area contributed by atoms with E-state index < -0.39 is 0 Å². The standard InChI is InChI=1S/C33H35ClFN5S/c1-20-14-21(2)19-38(18-20)30-12-11-26(17-28(30)34)40-32(31(37-33(40)41)29-10-5-6-13-36-29)27-15-22(3)39(23(27)4)25-9-7-8-24(35)16-25/h5-13,15-17,20-21,31-32H,14,18-19H2,1-4H3,(H,37,41). The first-order valence-corrected chi connectivity index (χ1v) is 15.0. The third-order valence-corrected chi connectivity index (χ3v) is 8.99. The first kappa shape index (κ1) is 27.7. The van der Waals surface area contributed by atoms with Crippen LogP contribution in [0.4, 0.5) is 15.8 Å². The molecule has 2 aromatic carbocycles. The van der Waals surface area contributed by atoms with Crippen molar-refractivity contribution >= 4 is 40.3 Å². The Bertz CT molecular complexity index is 1580. The minimum Gasteiger partial charge on any atom is -0.370 e. The summed E-state index contributed by atoms with van der Waals surface area (Å²) in [4.78, 5) is 9.26. The number of aryl methyl sites for hydroxylation is 1. The number of aromatic nitrogens is 2. The van der Waals surface area contributed by atoms with Gasteiger partial charge in [0.1, 0.15) is 5.82 Å². The monoisotopic (exact) mass is 587 g/mol. The molecule has 0 saturated carbocycles. The molecule has 2 saturated heterocycles. The van der Waals surface area contributed by atoms with Gasteiger partial charge in [0.15, 0.2) is 5.11 Å². The van der Waals surface area contributed by atoms with E-state index in [1.807, 2.05) is 36.5 Å². The predicted molar refractivity (Wildman–Crippen MR) is 170 cm³/mol. The van der Waals surface area contributed by atoms with Gasteiger partial charge in [-0.1, -0.05) is 37.6 Å². The van der Waals surface area contributed by atoms with Crippen LogP contribution in [0.5, 0.6) is 0 Å². The van der Waals surface area contributed by atoms with Gasteiger partial charge < -0.3 is 19.7 Å². The average molecular weight is 588 g/mol. The Labute approximate surface area is 252 Å². The Kier molecular flexibility index (Phi) is 7.51. The van der Waals surface area contributed by atoms with E-state index in [1.54, 1.807) is 12.1 Å². The van der Waals surface area contributed by atoms with Crippen LogP contribution in [0.25, 0.3) is 5.69 Å². The summed E-state index contributed by atoms with van der Waals surface area (Å²) in [5.74, 6) is 0.990. The van der Waals surface area contributed by atoms with Crippen LogP contribution in [0.2, 0.25) is 5.02 Å². The van der Waals surface area contributed by atoms with E-state index in [-0.39, 0.29) is 17.9 Å². The largest absolute Gasteiger partial charge is 0.370 e. The highest BCUT2D eigenvalue weighted by atomic mass is 35.5. The Hall–Kier alpha value is -3.42. The van der Waals surface area contributed by atoms with Crippen LogP contribution in [-0.2, 0) is 0 Å². The number of nitrogens with one attached hydrogen (secondary N) is 1. The van der Waals surface area contributed by atoms with Crippen LogP contribution < -0.4 is 15.1 Å². The van der Waals surface area contributed by atoms with E-state index >= 15 is 0 Å². The predicted octanol–water partition coefficient (Wildman–Crippen LogP) is 7.94. The summed E-state index contributed by atoms with van der Waals surface area (Å²) >= 11 is 13.0. The van der Waals surface area contributed by atoms with Gasteiger partial charge in [0.2, 0.25) is 0 Å². The summed E-state index contributed by atoms with van der Waals surface area (Å²) < 4.78 is 16.3. The normalized spacial score (nSPS) is 22.7. The highest BCUT2D eigenvalue weighted by molar-refractivity contribution is 7.80. The van der Waals surface area contributed by atoms with E-state index in [9.17, 15) is 4.39 Å². The Morgan fingerprint density at radius 1 is 0.951 bits per heavy atom. The molecule has 4 unspecified atom stereocenters. The van der Waals surface area contributed by atoms with E-state index in [0.717, 1.165) is 57.8 Å². The molecule has 5 nitrogen and oxygen atoms in total. The second kappa shape index (κ2) is 11.1. The van der Waals surface area contributed by atoms with E-state index in [1.165, 1.54) is 12.5 Å². The van der Waals surface area contributed by atoms with Crippen molar-refractivity contribution in [3.8, 4) is 5.69 Å². The molecule has 212 valence electrons. The van der Waals surface area contributed by atoms with Crippen molar-refractivity contribution in [3.05, 3.63) is 106 Å². The van der Waals surface area contributed by atoms with Crippen LogP contribution in [0.3, 0.4) is 0 Å². The fourth-order valence-electron chi connectivity index (χ4n) is 6.81. The van der Waals surface area contributed by atoms with Crippen LogP contribution in [0, 0.1) is 31.5 Å². The van der Waals surface area contributed by atoms with Crippen molar-refractivity contribution < 1.29 is 4.39 Å². The maximum atomic E-state index is 14.2. The number of nitrogens with zero attached hydrogens (tertiary/aromatic N) is 4. The highest BCUT2D eigenvalue weighted by Gasteiger charge is 2.42. The molecular formula is C33H35ClFN5S. The van der Waals surface area contributed by atoms with E-state index in [0.29, 0.717) is 16.9 Å². The lowest BCUT2D eigenvalue weighted by Gasteiger charge is -2.37. The van der Waals surface area contributed by atoms with Gasteiger partial charge in [-0.25, -0.2) is 4.39 Å². The summed E-state index contributed by atoms with van der Waals surface area (Å²) in [7, 11) is 0. The van der Waals surface area contributed by atoms with Crippen LogP contribution in [0.1, 0.15) is 55.0 Å². The number of hydrogen-bond donors (Lipinski definition) is 1. The number of thiocarbonyl (C=S) groups is 1. The molecule has 4 atom stereocenters. The van der Waals surface area contributed by atoms with Gasteiger partial charge in [-0.2, -0.15) is 0 Å². The molecule has 4 aromatic rings. The number of piperidine rings is 1. The number of pyridine rings is 1. The van der Waals surface area contributed by atoms with Crippen molar-refractivity contribution in [2.24, 2.45) is 11.8 Å². The average Bonchev–Trinajstić information content (AvgIpc) is 3.43. The third-order valence-electron chi connectivity index (χ3n) is 8.37. The van der Waals surface area contributed by atoms with Gasteiger partial charge in [0, 0.05) is 42.0 Å². The minimum absolute atomic E-state index is 0.188. The van der Waals surface area contributed by atoms with Gasteiger partial charge in [-0.15, -0.1) is 0 Å². The zero-order valence-electron chi connectivity index (χ0n) is 23.8. The van der Waals surface area contributed by atoms with Crippen molar-refractivity contribution in [1.29, 1.82) is 0 Å². The summed E-state index contributed by atoms with van der Waals surface area (Å²) in [5, 5.41) is 4.89. The Morgan fingerprint density at radius 3 is 2.41 bits per heavy atom. The SMILES string of the molecule is Cc1cc(C2C(c3ccccn3)NC(=S)N2c2ccc(N3CC(C)CC(C)C3)c(Cl)c2)c(C)n1-c1cccc(F)c1. The molecule has 4 heterocycles. The zero-order valence-corrected chi connectivity index (χ0v) is 25.4. The first-order valence-electron chi connectivity index (χ1n) is 14.2. The van der Waals surface area contributed by atoms with Crippen LogP contribution >= 0.6 is 23.8 Å². The lowest BCUT2D eigenvalue weighted by molar-refractivity contribution is 0.357. The van der Waals surface area contributed by atoms with Crippen molar-refractivity contribution in [1.82, 2.24) is 14.9 Å². The van der Waals surface area contributed by atoms with Gasteiger partial charge >= 0.3 is 0 Å². The van der Waals surface area contributed by atoms with Crippen LogP contribution in [0.15, 0.2) is 72.9 Å². The Balaban J connectivity index is 1.44. The number of hydrogen-bond acceptors (Lipinski definition) is 3. The van der Waals surface area contributed by atoms with Crippen molar-refractivity contribution in [3.63, 3.8) is 0 Å². The molecule has 0 spiro atoms. The molecule has 1 N–H and O–H groups in total. The molecule has 2 aliphatic rings. The zero-order chi connectivity index (χ0) is 28.8. The molecule has 8 heteroatoms. The van der Waals surface area contributed by atoms with Crippen LogP contribution in [-0.4, -0.2) is 27.8 Å². The number of anilines is 2. The summed E-state index contributed by atoms with van der Waals surface area (Å²) in [6, 6.07) is 20.7. The molecule has 41 heavy (non-hydrogen) atoms. The molecule has 0 amide bonds. The summed E-state index contributed by atoms with van der Waals surface area (Å²) in [6.07, 6.45) is 3.05. The number of benzene rings is 2. The minimum atomic E-state index is -0.263. The van der Waals surface area contributed by atoms with E-state index in [4.69, 9.17) is 28.8 Å². The molecule has 6 rings (SSSR count). The molecular weight excluding hydrogens is 553 g/mol. The maximum Gasteiger partial charge on any atom is 0.174 e. The Morgan fingerprint density at radius 2 is 1.73 bits per heavy atom. The van der Waals surface area contributed by atoms with Gasteiger partial charge in [0.05, 0.1) is 28.5 Å². The quantitative estimate of drug-likeness (QED) is 0.240. The van der Waals surface area contributed by atoms with Gasteiger partial charge in [-0.3, -0.25) is 4.98 Å². The molecule has 2 aliphatic heterocycles. The second-order valence-electron chi connectivity index (χ2n) is 11.6. The lowest BCUT2D eigenvalue weighted by Crippen LogP contribution is -2.38. The fraction of sp³-hybridized carbons (Fsp3) is 0.333. The lowest BCUT2D eigenvalue weighted by atomic mass is 9.91. The molecule has 2 fully saturated rings. The fourth-order valence-corrected chi connectivity index (χ4v) is 7.45. The van der Waals surface area contributed by atoms with Crippen molar-refractivity contribution in [2.45, 2.75) is 46.2 Å². The smallest absolute Gasteiger partial charge is 0.174 e. The molecule has 0 radical (unpaired) electrons. The van der Waals surface area contributed by atoms with E-state index in [2.05, 4.69) is 65.6 Å². The number of halogens is 2. The summed E-state index contributed by atoms with van der Waals surface area (Å²) in [5.41, 5.74) is 6.81. The summed E-state index contributed by atoms with van der Waals surface area (Å²) in [6.45, 7) is 10.8. The molecule has 2 aromatic heterocycles. The highest BCUT2D eigenvalue weighted by Crippen LogP contribution is 2.45. The molecule has 0 bridgehead atoms. The topological polar surface area (TPSA) is 36.3 Å². The van der Waals surface area contributed by atoms with Crippen molar-refractivity contribution in [2.75, 3.05) is 22.9 Å². The maximum absolute atomic E-state index is 14.2. The second-order valence-corrected chi connectivity index (χ2v) is 12.4. The van der Waals surface area contributed by atoms with Gasteiger partial charge in [-0.05, 0) is 104 Å². The third kappa shape index (κ3) is 5.22. The first-order chi connectivity index (χ1) is 19.7. The molecule has 0 aliphatic carbocycles.